The van der Waals surface area contributed by atoms with Crippen molar-refractivity contribution in [2.45, 2.75) is 33.2 Å². The van der Waals surface area contributed by atoms with E-state index in [1.54, 1.807) is 0 Å². The Bertz CT molecular complexity index is 183. The van der Waals surface area contributed by atoms with Crippen LogP contribution < -0.4 is 5.73 Å². The molecule has 2 N–H and O–H groups in total. The summed E-state index contributed by atoms with van der Waals surface area (Å²) in [5, 5.41) is 0. The number of thiocarbonyl (C=S) groups is 1. The quantitative estimate of drug-likeness (QED) is 0.687. The van der Waals surface area contributed by atoms with E-state index in [2.05, 4.69) is 25.7 Å². The maximum atomic E-state index is 5.65. The first-order valence-corrected chi connectivity index (χ1v) is 5.45. The predicted octanol–water partition coefficient (Wildman–Crippen LogP) is 1.64. The molecule has 1 rings (SSSR count). The standard InChI is InChI=1S/C10H20N2S/c1-7-4-8(2)6-12(5-7)9(3)10(11)13/h7-9H,4-6H2,1-3H3,(H2,11,13). The largest absolute Gasteiger partial charge is 0.392 e. The summed E-state index contributed by atoms with van der Waals surface area (Å²) in [6, 6.07) is 0.264. The Morgan fingerprint density at radius 2 is 1.85 bits per heavy atom. The minimum absolute atomic E-state index is 0.264. The smallest absolute Gasteiger partial charge is 0.0899 e. The molecule has 0 aromatic carbocycles. The second-order valence-electron chi connectivity index (χ2n) is 4.48. The van der Waals surface area contributed by atoms with Crippen LogP contribution in [-0.2, 0) is 0 Å². The summed E-state index contributed by atoms with van der Waals surface area (Å²) in [5.41, 5.74) is 5.65. The molecule has 0 radical (unpaired) electrons. The zero-order valence-corrected chi connectivity index (χ0v) is 9.60. The highest BCUT2D eigenvalue weighted by Crippen LogP contribution is 2.22. The fourth-order valence-electron chi connectivity index (χ4n) is 2.21. The van der Waals surface area contributed by atoms with Crippen molar-refractivity contribution < 1.29 is 0 Å². The summed E-state index contributed by atoms with van der Waals surface area (Å²) in [4.78, 5) is 3.03. The molecule has 0 aromatic rings. The zero-order chi connectivity index (χ0) is 10.0. The molecule has 1 fully saturated rings. The van der Waals surface area contributed by atoms with Gasteiger partial charge in [-0.1, -0.05) is 26.1 Å². The van der Waals surface area contributed by atoms with Crippen LogP contribution in [0.2, 0.25) is 0 Å². The first-order valence-electron chi connectivity index (χ1n) is 5.04. The molecule has 76 valence electrons. The first kappa shape index (κ1) is 10.9. The van der Waals surface area contributed by atoms with Crippen LogP contribution in [0.1, 0.15) is 27.2 Å². The number of nitrogens with zero attached hydrogens (tertiary/aromatic N) is 1. The lowest BCUT2D eigenvalue weighted by molar-refractivity contribution is 0.128. The van der Waals surface area contributed by atoms with E-state index in [1.807, 2.05) is 0 Å². The van der Waals surface area contributed by atoms with Gasteiger partial charge in [0.1, 0.15) is 0 Å². The summed E-state index contributed by atoms with van der Waals surface area (Å²) in [6.45, 7) is 8.99. The zero-order valence-electron chi connectivity index (χ0n) is 8.79. The van der Waals surface area contributed by atoms with E-state index in [4.69, 9.17) is 18.0 Å². The van der Waals surface area contributed by atoms with E-state index in [0.717, 1.165) is 24.9 Å². The predicted molar refractivity (Wildman–Crippen MR) is 60.8 cm³/mol. The van der Waals surface area contributed by atoms with Gasteiger partial charge in [-0.15, -0.1) is 0 Å². The Morgan fingerprint density at radius 1 is 1.38 bits per heavy atom. The van der Waals surface area contributed by atoms with Crippen LogP contribution in [0.5, 0.6) is 0 Å². The van der Waals surface area contributed by atoms with Gasteiger partial charge in [-0.2, -0.15) is 0 Å². The molecule has 0 bridgehead atoms. The SMILES string of the molecule is CC1CC(C)CN(C(C)C(N)=S)C1. The molecule has 0 saturated carbocycles. The van der Waals surface area contributed by atoms with Crippen LogP contribution in [-0.4, -0.2) is 29.0 Å². The van der Waals surface area contributed by atoms with Crippen LogP contribution in [0.4, 0.5) is 0 Å². The fourth-order valence-corrected chi connectivity index (χ4v) is 2.36. The topological polar surface area (TPSA) is 29.3 Å². The molecular formula is C10H20N2S. The average molecular weight is 200 g/mol. The third-order valence-electron chi connectivity index (χ3n) is 2.86. The Morgan fingerprint density at radius 3 is 2.23 bits per heavy atom. The molecule has 3 atom stereocenters. The van der Waals surface area contributed by atoms with Crippen LogP contribution in [0.3, 0.4) is 0 Å². The molecule has 1 saturated heterocycles. The highest BCUT2D eigenvalue weighted by atomic mass is 32.1. The van der Waals surface area contributed by atoms with E-state index in [9.17, 15) is 0 Å². The maximum absolute atomic E-state index is 5.65. The van der Waals surface area contributed by atoms with Crippen molar-refractivity contribution in [1.29, 1.82) is 0 Å². The van der Waals surface area contributed by atoms with Crippen molar-refractivity contribution in [3.05, 3.63) is 0 Å². The molecule has 0 spiro atoms. The van der Waals surface area contributed by atoms with Gasteiger partial charge in [0.15, 0.2) is 0 Å². The molecule has 3 unspecified atom stereocenters. The molecule has 1 aliphatic heterocycles. The molecular weight excluding hydrogens is 180 g/mol. The van der Waals surface area contributed by atoms with Crippen LogP contribution >= 0.6 is 12.2 Å². The summed E-state index contributed by atoms with van der Waals surface area (Å²) in [6.07, 6.45) is 1.33. The summed E-state index contributed by atoms with van der Waals surface area (Å²) >= 11 is 5.01. The number of nitrogens with two attached hydrogens (primary N) is 1. The van der Waals surface area contributed by atoms with Gasteiger partial charge < -0.3 is 5.73 Å². The van der Waals surface area contributed by atoms with Gasteiger partial charge in [-0.3, -0.25) is 4.90 Å². The van der Waals surface area contributed by atoms with Crippen molar-refractivity contribution in [2.24, 2.45) is 17.6 Å². The molecule has 0 aliphatic carbocycles. The minimum Gasteiger partial charge on any atom is -0.392 e. The lowest BCUT2D eigenvalue weighted by atomic mass is 9.91. The lowest BCUT2D eigenvalue weighted by Crippen LogP contribution is -2.48. The van der Waals surface area contributed by atoms with Crippen molar-refractivity contribution >= 4 is 17.2 Å². The van der Waals surface area contributed by atoms with Crippen molar-refractivity contribution in [3.8, 4) is 0 Å². The fraction of sp³-hybridized carbons (Fsp3) is 0.900. The van der Waals surface area contributed by atoms with Gasteiger partial charge in [0.05, 0.1) is 11.0 Å². The molecule has 0 aromatic heterocycles. The Labute approximate surface area is 86.5 Å². The average Bonchev–Trinajstić information content (AvgIpc) is 2.01. The van der Waals surface area contributed by atoms with E-state index in [0.29, 0.717) is 4.99 Å². The first-order chi connectivity index (χ1) is 6.00. The summed E-state index contributed by atoms with van der Waals surface area (Å²) in [5.74, 6) is 1.56. The highest BCUT2D eigenvalue weighted by Gasteiger charge is 2.25. The van der Waals surface area contributed by atoms with E-state index in [-0.39, 0.29) is 6.04 Å². The normalized spacial score (nSPS) is 32.8. The number of likely N-dealkylation sites (tertiary alicyclic amines) is 1. The van der Waals surface area contributed by atoms with Gasteiger partial charge in [0.25, 0.3) is 0 Å². The van der Waals surface area contributed by atoms with Crippen LogP contribution in [0, 0.1) is 11.8 Å². The van der Waals surface area contributed by atoms with Gasteiger partial charge >= 0.3 is 0 Å². The van der Waals surface area contributed by atoms with E-state index in [1.165, 1.54) is 6.42 Å². The van der Waals surface area contributed by atoms with Crippen molar-refractivity contribution in [1.82, 2.24) is 4.90 Å². The summed E-state index contributed by atoms with van der Waals surface area (Å²) < 4.78 is 0. The Kier molecular flexibility index (Phi) is 3.68. The summed E-state index contributed by atoms with van der Waals surface area (Å²) in [7, 11) is 0. The third kappa shape index (κ3) is 2.92. The second kappa shape index (κ2) is 4.38. The van der Waals surface area contributed by atoms with E-state index < -0.39 is 0 Å². The number of rotatable bonds is 2. The van der Waals surface area contributed by atoms with Gasteiger partial charge in [0, 0.05) is 13.1 Å². The number of hydrogen-bond donors (Lipinski definition) is 1. The molecule has 1 heterocycles. The molecule has 13 heavy (non-hydrogen) atoms. The highest BCUT2D eigenvalue weighted by molar-refractivity contribution is 7.80. The molecule has 3 heteroatoms. The van der Waals surface area contributed by atoms with E-state index >= 15 is 0 Å². The van der Waals surface area contributed by atoms with Gasteiger partial charge in [-0.05, 0) is 25.2 Å². The Balaban J connectivity index is 2.54. The molecule has 0 amide bonds. The minimum atomic E-state index is 0.264. The number of piperidine rings is 1. The number of hydrogen-bond acceptors (Lipinski definition) is 2. The van der Waals surface area contributed by atoms with Crippen molar-refractivity contribution in [3.63, 3.8) is 0 Å². The Hall–Kier alpha value is -0.150. The van der Waals surface area contributed by atoms with Crippen LogP contribution in [0.25, 0.3) is 0 Å². The maximum Gasteiger partial charge on any atom is 0.0899 e. The molecule has 1 aliphatic rings. The van der Waals surface area contributed by atoms with Gasteiger partial charge in [0.2, 0.25) is 0 Å². The monoisotopic (exact) mass is 200 g/mol. The van der Waals surface area contributed by atoms with Crippen molar-refractivity contribution in [2.75, 3.05) is 13.1 Å². The van der Waals surface area contributed by atoms with Crippen LogP contribution in [0.15, 0.2) is 0 Å². The molecule has 2 nitrogen and oxygen atoms in total. The lowest BCUT2D eigenvalue weighted by Gasteiger charge is -2.38. The third-order valence-corrected chi connectivity index (χ3v) is 3.20. The second-order valence-corrected chi connectivity index (χ2v) is 4.95. The van der Waals surface area contributed by atoms with Gasteiger partial charge in [-0.25, -0.2) is 0 Å².